The Morgan fingerprint density at radius 2 is 1.24 bits per heavy atom. The molecule has 2 atom stereocenters. The molecular formula is C9H10F6O2. The van der Waals surface area contributed by atoms with Gasteiger partial charge in [-0.3, -0.25) is 4.79 Å². The molecule has 1 N–H and O–H groups in total. The number of carboxylic acids is 1. The van der Waals surface area contributed by atoms with E-state index in [1.165, 1.54) is 0 Å². The number of aliphatic carboxylic acids is 1. The van der Waals surface area contributed by atoms with Crippen molar-refractivity contribution in [2.75, 3.05) is 0 Å². The first kappa shape index (κ1) is 14.1. The molecule has 0 radical (unpaired) electrons. The zero-order valence-corrected chi connectivity index (χ0v) is 8.48. The van der Waals surface area contributed by atoms with Crippen LogP contribution in [0.3, 0.4) is 0 Å². The second kappa shape index (κ2) is 4.38. The van der Waals surface area contributed by atoms with Gasteiger partial charge in [-0.15, -0.1) is 0 Å². The third kappa shape index (κ3) is 3.50. The second-order valence-electron chi connectivity index (χ2n) is 4.22. The van der Waals surface area contributed by atoms with Gasteiger partial charge in [0.15, 0.2) is 0 Å². The van der Waals surface area contributed by atoms with E-state index in [2.05, 4.69) is 0 Å². The number of alkyl halides is 6. The average molecular weight is 264 g/mol. The highest BCUT2D eigenvalue weighted by atomic mass is 19.4. The molecule has 8 heteroatoms. The van der Waals surface area contributed by atoms with Crippen LogP contribution in [0.5, 0.6) is 0 Å². The van der Waals surface area contributed by atoms with Crippen molar-refractivity contribution < 1.29 is 36.2 Å². The van der Waals surface area contributed by atoms with Crippen molar-refractivity contribution in [1.82, 2.24) is 0 Å². The maximum absolute atomic E-state index is 12.4. The average Bonchev–Trinajstić information content (AvgIpc) is 2.14. The third-order valence-corrected chi connectivity index (χ3v) is 2.98. The summed E-state index contributed by atoms with van der Waals surface area (Å²) >= 11 is 0. The van der Waals surface area contributed by atoms with Gasteiger partial charge in [0.25, 0.3) is 0 Å². The minimum Gasteiger partial charge on any atom is -0.481 e. The molecule has 0 bridgehead atoms. The summed E-state index contributed by atoms with van der Waals surface area (Å²) in [7, 11) is 0. The van der Waals surface area contributed by atoms with E-state index in [1.807, 2.05) is 0 Å². The number of halogens is 6. The van der Waals surface area contributed by atoms with Gasteiger partial charge in [0.05, 0.1) is 17.8 Å². The Bertz CT molecular complexity index is 273. The van der Waals surface area contributed by atoms with E-state index in [0.29, 0.717) is 0 Å². The lowest BCUT2D eigenvalue weighted by molar-refractivity contribution is -0.229. The van der Waals surface area contributed by atoms with Crippen LogP contribution in [0.25, 0.3) is 0 Å². The topological polar surface area (TPSA) is 37.3 Å². The molecule has 0 aromatic rings. The van der Waals surface area contributed by atoms with Gasteiger partial charge in [-0.05, 0) is 19.3 Å². The fraction of sp³-hybridized carbons (Fsp3) is 0.889. The summed E-state index contributed by atoms with van der Waals surface area (Å²) in [6, 6.07) is 0. The van der Waals surface area contributed by atoms with Crippen molar-refractivity contribution in [3.05, 3.63) is 0 Å². The molecule has 17 heavy (non-hydrogen) atoms. The number of carboxylic acid groups (broad SMARTS) is 1. The van der Waals surface area contributed by atoms with Crippen LogP contribution in [0.4, 0.5) is 26.3 Å². The summed E-state index contributed by atoms with van der Waals surface area (Å²) in [6.07, 6.45) is -12.2. The molecular weight excluding hydrogens is 254 g/mol. The number of carbonyl (C=O) groups is 1. The molecule has 100 valence electrons. The first-order chi connectivity index (χ1) is 7.51. The van der Waals surface area contributed by atoms with Crippen molar-refractivity contribution >= 4 is 5.97 Å². The normalized spacial score (nSPS) is 31.3. The maximum Gasteiger partial charge on any atom is 0.391 e. The van der Waals surface area contributed by atoms with Gasteiger partial charge in [-0.2, -0.15) is 26.3 Å². The summed E-state index contributed by atoms with van der Waals surface area (Å²) in [6.45, 7) is 0. The van der Waals surface area contributed by atoms with Crippen LogP contribution in [0.2, 0.25) is 0 Å². The zero-order chi connectivity index (χ0) is 13.4. The molecule has 0 aromatic heterocycles. The largest absolute Gasteiger partial charge is 0.481 e. The zero-order valence-electron chi connectivity index (χ0n) is 8.48. The molecule has 0 aliphatic heterocycles. The standard InChI is InChI=1S/C9H10F6O2/c10-8(11,12)5-1-4(7(16)17)2-6(3-5)9(13,14)15/h4-6H,1-3H2,(H,16,17)/t5-,6-/m1/s1. The fourth-order valence-electron chi connectivity index (χ4n) is 2.06. The minimum absolute atomic E-state index is 0.772. The summed E-state index contributed by atoms with van der Waals surface area (Å²) in [4.78, 5) is 10.6. The highest BCUT2D eigenvalue weighted by Gasteiger charge is 2.52. The van der Waals surface area contributed by atoms with Crippen LogP contribution in [0.1, 0.15) is 19.3 Å². The maximum atomic E-state index is 12.4. The van der Waals surface area contributed by atoms with Crippen molar-refractivity contribution in [1.29, 1.82) is 0 Å². The second-order valence-corrected chi connectivity index (χ2v) is 4.22. The van der Waals surface area contributed by atoms with Gasteiger partial charge < -0.3 is 5.11 Å². The summed E-state index contributed by atoms with van der Waals surface area (Å²) < 4.78 is 74.3. The molecule has 1 saturated carbocycles. The molecule has 0 saturated heterocycles. The number of hydrogen-bond donors (Lipinski definition) is 1. The van der Waals surface area contributed by atoms with E-state index in [9.17, 15) is 31.1 Å². The monoisotopic (exact) mass is 264 g/mol. The highest BCUT2D eigenvalue weighted by Crippen LogP contribution is 2.47. The Morgan fingerprint density at radius 3 is 1.47 bits per heavy atom. The summed E-state index contributed by atoms with van der Waals surface area (Å²) in [5, 5.41) is 8.57. The SMILES string of the molecule is O=C(O)C1C[C@@H](C(F)(F)F)C[C@H](C(F)(F)F)C1. The lowest BCUT2D eigenvalue weighted by Crippen LogP contribution is -2.40. The van der Waals surface area contributed by atoms with Crippen LogP contribution in [0, 0.1) is 17.8 Å². The molecule has 1 fully saturated rings. The Labute approximate surface area is 92.6 Å². The fourth-order valence-corrected chi connectivity index (χ4v) is 2.06. The highest BCUT2D eigenvalue weighted by molar-refractivity contribution is 5.70. The Balaban J connectivity index is 2.88. The minimum atomic E-state index is -4.78. The Hall–Kier alpha value is -0.950. The summed E-state index contributed by atoms with van der Waals surface area (Å²) in [5.74, 6) is -7.57. The first-order valence-electron chi connectivity index (χ1n) is 4.88. The van der Waals surface area contributed by atoms with Crippen LogP contribution in [-0.4, -0.2) is 23.4 Å². The summed E-state index contributed by atoms with van der Waals surface area (Å²) in [5.41, 5.74) is 0. The Morgan fingerprint density at radius 1 is 0.882 bits per heavy atom. The van der Waals surface area contributed by atoms with E-state index in [1.54, 1.807) is 0 Å². The molecule has 0 aromatic carbocycles. The quantitative estimate of drug-likeness (QED) is 0.738. The van der Waals surface area contributed by atoms with Crippen LogP contribution < -0.4 is 0 Å². The molecule has 1 aliphatic carbocycles. The van der Waals surface area contributed by atoms with E-state index in [0.717, 1.165) is 0 Å². The van der Waals surface area contributed by atoms with Gasteiger partial charge in [-0.25, -0.2) is 0 Å². The van der Waals surface area contributed by atoms with E-state index < -0.39 is 55.3 Å². The predicted molar refractivity (Wildman–Crippen MR) is 44.1 cm³/mol. The van der Waals surface area contributed by atoms with Crippen molar-refractivity contribution in [3.63, 3.8) is 0 Å². The molecule has 2 nitrogen and oxygen atoms in total. The van der Waals surface area contributed by atoms with Crippen molar-refractivity contribution in [2.24, 2.45) is 17.8 Å². The van der Waals surface area contributed by atoms with E-state index in [-0.39, 0.29) is 0 Å². The van der Waals surface area contributed by atoms with E-state index >= 15 is 0 Å². The van der Waals surface area contributed by atoms with Crippen molar-refractivity contribution in [2.45, 2.75) is 31.6 Å². The molecule has 1 aliphatic rings. The molecule has 0 amide bonds. The Kier molecular flexibility index (Phi) is 3.63. The van der Waals surface area contributed by atoms with Gasteiger partial charge in [-0.1, -0.05) is 0 Å². The van der Waals surface area contributed by atoms with Gasteiger partial charge >= 0.3 is 18.3 Å². The van der Waals surface area contributed by atoms with Crippen LogP contribution in [0.15, 0.2) is 0 Å². The molecule has 0 heterocycles. The van der Waals surface area contributed by atoms with Gasteiger partial charge in [0, 0.05) is 0 Å². The molecule has 0 spiro atoms. The van der Waals surface area contributed by atoms with Crippen LogP contribution >= 0.6 is 0 Å². The lowest BCUT2D eigenvalue weighted by atomic mass is 9.74. The molecule has 0 unspecified atom stereocenters. The van der Waals surface area contributed by atoms with Gasteiger partial charge in [0.1, 0.15) is 0 Å². The van der Waals surface area contributed by atoms with Crippen LogP contribution in [-0.2, 0) is 4.79 Å². The third-order valence-electron chi connectivity index (χ3n) is 2.98. The smallest absolute Gasteiger partial charge is 0.391 e. The lowest BCUT2D eigenvalue weighted by Gasteiger charge is -2.34. The predicted octanol–water partition coefficient (Wildman–Crippen LogP) is 3.23. The first-order valence-corrected chi connectivity index (χ1v) is 4.88. The van der Waals surface area contributed by atoms with Gasteiger partial charge in [0.2, 0.25) is 0 Å². The van der Waals surface area contributed by atoms with Crippen molar-refractivity contribution in [3.8, 4) is 0 Å². The van der Waals surface area contributed by atoms with E-state index in [4.69, 9.17) is 5.11 Å². The molecule has 1 rings (SSSR count). The number of rotatable bonds is 1. The number of hydrogen-bond acceptors (Lipinski definition) is 1.